The van der Waals surface area contributed by atoms with Crippen LogP contribution in [0, 0.1) is 17.1 Å². The van der Waals surface area contributed by atoms with Gasteiger partial charge in [-0.05, 0) is 48.9 Å². The van der Waals surface area contributed by atoms with Gasteiger partial charge in [-0.3, -0.25) is 4.79 Å². The number of halogens is 1. The molecule has 31 heavy (non-hydrogen) atoms. The Morgan fingerprint density at radius 3 is 2.52 bits per heavy atom. The van der Waals surface area contributed by atoms with Crippen LogP contribution < -0.4 is 14.8 Å². The van der Waals surface area contributed by atoms with Crippen LogP contribution in [-0.4, -0.2) is 12.5 Å². The molecule has 3 rings (SSSR count). The Morgan fingerprint density at radius 2 is 1.81 bits per heavy atom. The molecule has 0 fully saturated rings. The Kier molecular flexibility index (Phi) is 7.39. The van der Waals surface area contributed by atoms with Gasteiger partial charge in [0.15, 0.2) is 0 Å². The molecule has 0 bridgehead atoms. The zero-order valence-corrected chi connectivity index (χ0v) is 17.0. The van der Waals surface area contributed by atoms with Crippen molar-refractivity contribution in [3.8, 4) is 17.6 Å². The van der Waals surface area contributed by atoms with Crippen LogP contribution in [0.25, 0.3) is 6.08 Å². The highest BCUT2D eigenvalue weighted by molar-refractivity contribution is 6.09. The lowest BCUT2D eigenvalue weighted by Gasteiger charge is -2.08. The van der Waals surface area contributed by atoms with Crippen LogP contribution in [-0.2, 0) is 11.4 Å². The summed E-state index contributed by atoms with van der Waals surface area (Å²) in [4.78, 5) is 12.5. The number of benzene rings is 3. The first-order valence-corrected chi connectivity index (χ1v) is 9.71. The van der Waals surface area contributed by atoms with Crippen molar-refractivity contribution in [1.29, 1.82) is 5.26 Å². The van der Waals surface area contributed by atoms with Crippen molar-refractivity contribution in [1.82, 2.24) is 0 Å². The van der Waals surface area contributed by atoms with Crippen LogP contribution in [0.15, 0.2) is 78.4 Å². The first-order valence-electron chi connectivity index (χ1n) is 9.71. The molecule has 5 nitrogen and oxygen atoms in total. The van der Waals surface area contributed by atoms with Crippen molar-refractivity contribution < 1.29 is 18.7 Å². The van der Waals surface area contributed by atoms with Crippen LogP contribution >= 0.6 is 0 Å². The summed E-state index contributed by atoms with van der Waals surface area (Å²) in [5, 5.41) is 12.1. The molecule has 0 saturated heterocycles. The van der Waals surface area contributed by atoms with E-state index in [9.17, 15) is 14.4 Å². The molecule has 1 amide bonds. The summed E-state index contributed by atoms with van der Waals surface area (Å²) in [6.45, 7) is 2.49. The topological polar surface area (TPSA) is 71.3 Å². The van der Waals surface area contributed by atoms with Gasteiger partial charge >= 0.3 is 0 Å². The highest BCUT2D eigenvalue weighted by atomic mass is 19.1. The Labute approximate surface area is 180 Å². The molecule has 0 atom stereocenters. The largest absolute Gasteiger partial charge is 0.494 e. The predicted molar refractivity (Wildman–Crippen MR) is 117 cm³/mol. The summed E-state index contributed by atoms with van der Waals surface area (Å²) in [5.41, 5.74) is 1.62. The second-order valence-corrected chi connectivity index (χ2v) is 6.53. The van der Waals surface area contributed by atoms with Gasteiger partial charge in [0, 0.05) is 17.3 Å². The maximum absolute atomic E-state index is 13.7. The summed E-state index contributed by atoms with van der Waals surface area (Å²) in [6, 6.07) is 22.1. The molecule has 0 heterocycles. The lowest BCUT2D eigenvalue weighted by Crippen LogP contribution is -2.13. The van der Waals surface area contributed by atoms with Gasteiger partial charge in [0.05, 0.1) is 6.61 Å². The lowest BCUT2D eigenvalue weighted by atomic mass is 10.1. The molecular weight excluding hydrogens is 395 g/mol. The van der Waals surface area contributed by atoms with E-state index in [1.165, 1.54) is 12.1 Å². The molecular formula is C25H21FN2O3. The molecule has 0 spiro atoms. The van der Waals surface area contributed by atoms with Crippen molar-refractivity contribution in [3.63, 3.8) is 0 Å². The van der Waals surface area contributed by atoms with E-state index in [-0.39, 0.29) is 18.0 Å². The number of hydrogen-bond acceptors (Lipinski definition) is 4. The van der Waals surface area contributed by atoms with E-state index in [4.69, 9.17) is 9.47 Å². The van der Waals surface area contributed by atoms with Crippen LogP contribution in [0.2, 0.25) is 0 Å². The van der Waals surface area contributed by atoms with Crippen molar-refractivity contribution in [2.75, 3.05) is 11.9 Å². The van der Waals surface area contributed by atoms with Gasteiger partial charge in [-0.15, -0.1) is 0 Å². The van der Waals surface area contributed by atoms with E-state index in [2.05, 4.69) is 5.32 Å². The Morgan fingerprint density at radius 1 is 1.03 bits per heavy atom. The van der Waals surface area contributed by atoms with Gasteiger partial charge in [0.25, 0.3) is 5.91 Å². The number of carbonyl (C=O) groups is 1. The number of ether oxygens (including phenoxy) is 2. The lowest BCUT2D eigenvalue weighted by molar-refractivity contribution is -0.112. The molecule has 0 aliphatic rings. The van der Waals surface area contributed by atoms with E-state index in [1.807, 2.05) is 13.0 Å². The van der Waals surface area contributed by atoms with Crippen LogP contribution in [0.1, 0.15) is 18.1 Å². The van der Waals surface area contributed by atoms with Crippen LogP contribution in [0.3, 0.4) is 0 Å². The normalized spacial score (nSPS) is 10.8. The van der Waals surface area contributed by atoms with Gasteiger partial charge in [0.1, 0.15) is 35.6 Å². The summed E-state index contributed by atoms with van der Waals surface area (Å²) in [7, 11) is 0. The number of carbonyl (C=O) groups excluding carboxylic acids is 1. The Hall–Kier alpha value is -4.11. The number of rotatable bonds is 8. The first kappa shape index (κ1) is 21.6. The van der Waals surface area contributed by atoms with Gasteiger partial charge in [-0.1, -0.05) is 36.4 Å². The second kappa shape index (κ2) is 10.6. The maximum atomic E-state index is 13.7. The summed E-state index contributed by atoms with van der Waals surface area (Å²) in [6.07, 6.45) is 1.49. The molecule has 3 aromatic carbocycles. The SMILES string of the molecule is CCOc1cccc(NC(=O)/C(C#N)=C\c2ccc(OCc3ccccc3F)cc2)c1. The zero-order valence-electron chi connectivity index (χ0n) is 17.0. The molecule has 6 heteroatoms. The molecule has 0 unspecified atom stereocenters. The third kappa shape index (κ3) is 6.18. The molecule has 0 aliphatic carbocycles. The van der Waals surface area contributed by atoms with Gasteiger partial charge in [-0.2, -0.15) is 5.26 Å². The van der Waals surface area contributed by atoms with Crippen LogP contribution in [0.4, 0.5) is 10.1 Å². The molecule has 1 N–H and O–H groups in total. The Balaban J connectivity index is 1.65. The summed E-state index contributed by atoms with van der Waals surface area (Å²) in [5.74, 6) is 0.347. The van der Waals surface area contributed by atoms with Crippen molar-refractivity contribution >= 4 is 17.7 Å². The Bertz CT molecular complexity index is 1120. The van der Waals surface area contributed by atoms with E-state index >= 15 is 0 Å². The highest BCUT2D eigenvalue weighted by Crippen LogP contribution is 2.20. The molecule has 3 aromatic rings. The quantitative estimate of drug-likeness (QED) is 0.397. The highest BCUT2D eigenvalue weighted by Gasteiger charge is 2.10. The van der Waals surface area contributed by atoms with E-state index < -0.39 is 5.91 Å². The average Bonchev–Trinajstić information content (AvgIpc) is 2.78. The monoisotopic (exact) mass is 416 g/mol. The maximum Gasteiger partial charge on any atom is 0.266 e. The minimum Gasteiger partial charge on any atom is -0.494 e. The number of amides is 1. The fraction of sp³-hybridized carbons (Fsp3) is 0.120. The van der Waals surface area contributed by atoms with Crippen molar-refractivity contribution in [2.24, 2.45) is 0 Å². The minimum atomic E-state index is -0.518. The van der Waals surface area contributed by atoms with Gasteiger partial charge < -0.3 is 14.8 Å². The van der Waals surface area contributed by atoms with Gasteiger partial charge in [0.2, 0.25) is 0 Å². The second-order valence-electron chi connectivity index (χ2n) is 6.53. The fourth-order valence-electron chi connectivity index (χ4n) is 2.78. The zero-order chi connectivity index (χ0) is 22.1. The predicted octanol–water partition coefficient (Wildman–Crippen LogP) is 5.35. The number of hydrogen-bond donors (Lipinski definition) is 1. The van der Waals surface area contributed by atoms with Crippen LogP contribution in [0.5, 0.6) is 11.5 Å². The molecule has 0 radical (unpaired) electrons. The van der Waals surface area contributed by atoms with E-state index in [0.717, 1.165) is 0 Å². The average molecular weight is 416 g/mol. The van der Waals surface area contributed by atoms with Gasteiger partial charge in [-0.25, -0.2) is 4.39 Å². The number of nitriles is 1. The fourth-order valence-corrected chi connectivity index (χ4v) is 2.78. The van der Waals surface area contributed by atoms with E-state index in [1.54, 1.807) is 66.7 Å². The third-order valence-corrected chi connectivity index (χ3v) is 4.31. The number of nitrogens with one attached hydrogen (secondary N) is 1. The first-order chi connectivity index (χ1) is 15.1. The summed E-state index contributed by atoms with van der Waals surface area (Å²) < 4.78 is 24.7. The number of nitrogens with zero attached hydrogens (tertiary/aromatic N) is 1. The molecule has 0 aromatic heterocycles. The van der Waals surface area contributed by atoms with E-state index in [0.29, 0.717) is 34.9 Å². The summed E-state index contributed by atoms with van der Waals surface area (Å²) >= 11 is 0. The molecule has 156 valence electrons. The molecule has 0 saturated carbocycles. The minimum absolute atomic E-state index is 0.0400. The number of anilines is 1. The standard InChI is InChI=1S/C25H21FN2O3/c1-2-30-23-8-5-7-21(15-23)28-25(29)20(16-27)14-18-10-12-22(13-11-18)31-17-19-6-3-4-9-24(19)26/h3-15H,2,17H2,1H3,(H,28,29)/b20-14-. The smallest absolute Gasteiger partial charge is 0.266 e. The molecule has 0 aliphatic heterocycles. The van der Waals surface area contributed by atoms with Crippen molar-refractivity contribution in [3.05, 3.63) is 95.3 Å². The van der Waals surface area contributed by atoms with Crippen molar-refractivity contribution in [2.45, 2.75) is 13.5 Å². The third-order valence-electron chi connectivity index (χ3n) is 4.31.